The normalized spacial score (nSPS) is 10.5. The minimum atomic E-state index is -2.09. The molecular weight excluding hydrogens is 520 g/mol. The molecule has 0 unspecified atom stereocenters. The SMILES string of the molecule is C=CC(=O)OCC(COC(=O)C=C)(COC(=O)C=C)OC(COC(=O)C=C)(COC(=O)C=C)COC(=O)C=C. The highest BCUT2D eigenvalue weighted by Crippen LogP contribution is 2.27. The fourth-order valence-electron chi connectivity index (χ4n) is 2.46. The van der Waals surface area contributed by atoms with Crippen molar-refractivity contribution in [2.75, 3.05) is 39.6 Å². The quantitative estimate of drug-likeness (QED) is 0.119. The lowest BCUT2D eigenvalue weighted by Crippen LogP contribution is -2.59. The summed E-state index contributed by atoms with van der Waals surface area (Å²) in [6, 6.07) is 0. The molecule has 0 bridgehead atoms. The Labute approximate surface area is 224 Å². The second kappa shape index (κ2) is 17.6. The van der Waals surface area contributed by atoms with Gasteiger partial charge >= 0.3 is 35.8 Å². The molecule has 0 N–H and O–H groups in total. The van der Waals surface area contributed by atoms with Crippen LogP contribution in [0.2, 0.25) is 0 Å². The number of esters is 6. The molecule has 0 aliphatic heterocycles. The summed E-state index contributed by atoms with van der Waals surface area (Å²) in [7, 11) is 0. The van der Waals surface area contributed by atoms with E-state index >= 15 is 0 Å². The maximum Gasteiger partial charge on any atom is 0.330 e. The third-order valence-corrected chi connectivity index (χ3v) is 4.30. The van der Waals surface area contributed by atoms with Crippen LogP contribution in [0.5, 0.6) is 0 Å². The largest absolute Gasteiger partial charge is 0.459 e. The molecule has 0 amide bonds. The van der Waals surface area contributed by atoms with E-state index in [9.17, 15) is 28.8 Å². The van der Waals surface area contributed by atoms with Crippen LogP contribution in [0.15, 0.2) is 75.9 Å². The number of hydrogen-bond acceptors (Lipinski definition) is 13. The highest BCUT2D eigenvalue weighted by molar-refractivity contribution is 5.83. The highest BCUT2D eigenvalue weighted by atomic mass is 16.7. The predicted molar refractivity (Wildman–Crippen MR) is 133 cm³/mol. The molecule has 212 valence electrons. The van der Waals surface area contributed by atoms with Crippen LogP contribution in [-0.4, -0.2) is 86.7 Å². The van der Waals surface area contributed by atoms with Crippen LogP contribution in [0.4, 0.5) is 0 Å². The van der Waals surface area contributed by atoms with Crippen molar-refractivity contribution in [3.05, 3.63) is 75.9 Å². The molecule has 13 nitrogen and oxygen atoms in total. The Balaban J connectivity index is 6.87. The summed E-state index contributed by atoms with van der Waals surface area (Å²) in [5.41, 5.74) is -4.17. The van der Waals surface area contributed by atoms with E-state index in [1.807, 2.05) is 0 Å². The summed E-state index contributed by atoms with van der Waals surface area (Å²) in [6.07, 6.45) is 4.88. The maximum atomic E-state index is 11.9. The van der Waals surface area contributed by atoms with Gasteiger partial charge in [0.2, 0.25) is 0 Å². The van der Waals surface area contributed by atoms with Crippen LogP contribution in [0.25, 0.3) is 0 Å². The number of hydrogen-bond donors (Lipinski definition) is 0. The van der Waals surface area contributed by atoms with Crippen molar-refractivity contribution in [1.82, 2.24) is 0 Å². The summed E-state index contributed by atoms with van der Waals surface area (Å²) in [5, 5.41) is 0. The van der Waals surface area contributed by atoms with Crippen molar-refractivity contribution >= 4 is 35.8 Å². The highest BCUT2D eigenvalue weighted by Gasteiger charge is 2.48. The van der Waals surface area contributed by atoms with Gasteiger partial charge in [-0.15, -0.1) is 0 Å². The smallest absolute Gasteiger partial charge is 0.330 e. The van der Waals surface area contributed by atoms with Crippen molar-refractivity contribution < 1.29 is 61.9 Å². The Bertz CT molecular complexity index is 794. The first-order valence-electron chi connectivity index (χ1n) is 10.9. The molecule has 0 aromatic rings. The second-order valence-electron chi connectivity index (χ2n) is 7.34. The summed E-state index contributed by atoms with van der Waals surface area (Å²) in [5.74, 6) is -5.71. The number of carbonyl (C=O) groups is 6. The van der Waals surface area contributed by atoms with Gasteiger partial charge in [-0.2, -0.15) is 0 Å². The number of rotatable bonds is 20. The van der Waals surface area contributed by atoms with Crippen LogP contribution >= 0.6 is 0 Å². The molecule has 0 aromatic carbocycles. The molecule has 0 saturated carbocycles. The van der Waals surface area contributed by atoms with Crippen LogP contribution in [0, 0.1) is 0 Å². The molecular formula is C26H30O13. The van der Waals surface area contributed by atoms with Crippen LogP contribution in [-0.2, 0) is 61.9 Å². The zero-order chi connectivity index (χ0) is 29.9. The first-order valence-corrected chi connectivity index (χ1v) is 10.9. The third-order valence-electron chi connectivity index (χ3n) is 4.30. The van der Waals surface area contributed by atoms with E-state index < -0.39 is 86.7 Å². The molecule has 0 aliphatic carbocycles. The Morgan fingerprint density at radius 3 is 0.667 bits per heavy atom. The molecule has 0 spiro atoms. The van der Waals surface area contributed by atoms with Gasteiger partial charge in [0.25, 0.3) is 0 Å². The lowest BCUT2D eigenvalue weighted by atomic mass is 10.0. The zero-order valence-electron chi connectivity index (χ0n) is 21.3. The van der Waals surface area contributed by atoms with E-state index in [1.54, 1.807) is 0 Å². The summed E-state index contributed by atoms with van der Waals surface area (Å²) in [6.45, 7) is 15.0. The Morgan fingerprint density at radius 1 is 0.385 bits per heavy atom. The van der Waals surface area contributed by atoms with Crippen molar-refractivity contribution in [2.24, 2.45) is 0 Å². The van der Waals surface area contributed by atoms with Crippen LogP contribution in [0.3, 0.4) is 0 Å². The fourth-order valence-corrected chi connectivity index (χ4v) is 2.46. The number of carbonyl (C=O) groups excluding carboxylic acids is 6. The Morgan fingerprint density at radius 2 is 0.538 bits per heavy atom. The van der Waals surface area contributed by atoms with Gasteiger partial charge in [-0.05, 0) is 0 Å². The molecule has 0 aliphatic rings. The summed E-state index contributed by atoms with van der Waals surface area (Å²) >= 11 is 0. The first kappa shape index (κ1) is 34.2. The van der Waals surface area contributed by atoms with Gasteiger partial charge in [-0.1, -0.05) is 39.5 Å². The zero-order valence-corrected chi connectivity index (χ0v) is 21.3. The fraction of sp³-hybridized carbons (Fsp3) is 0.308. The van der Waals surface area contributed by atoms with E-state index in [2.05, 4.69) is 39.5 Å². The molecule has 39 heavy (non-hydrogen) atoms. The van der Waals surface area contributed by atoms with E-state index in [0.717, 1.165) is 36.5 Å². The van der Waals surface area contributed by atoms with Crippen molar-refractivity contribution in [3.8, 4) is 0 Å². The van der Waals surface area contributed by atoms with Gasteiger partial charge < -0.3 is 33.2 Å². The van der Waals surface area contributed by atoms with Gasteiger partial charge in [-0.3, -0.25) is 0 Å². The van der Waals surface area contributed by atoms with Gasteiger partial charge in [-0.25, -0.2) is 28.8 Å². The summed E-state index contributed by atoms with van der Waals surface area (Å²) < 4.78 is 36.6. The molecule has 0 fully saturated rings. The van der Waals surface area contributed by atoms with Gasteiger partial charge in [0.05, 0.1) is 0 Å². The molecule has 13 heteroatoms. The van der Waals surface area contributed by atoms with Crippen LogP contribution in [0.1, 0.15) is 0 Å². The van der Waals surface area contributed by atoms with Crippen LogP contribution < -0.4 is 0 Å². The van der Waals surface area contributed by atoms with Crippen molar-refractivity contribution in [3.63, 3.8) is 0 Å². The molecule has 0 atom stereocenters. The maximum absolute atomic E-state index is 11.9. The average Bonchev–Trinajstić information content (AvgIpc) is 2.96. The van der Waals surface area contributed by atoms with Crippen molar-refractivity contribution in [2.45, 2.75) is 11.2 Å². The van der Waals surface area contributed by atoms with E-state index in [1.165, 1.54) is 0 Å². The van der Waals surface area contributed by atoms with E-state index in [4.69, 9.17) is 33.2 Å². The summed E-state index contributed by atoms with van der Waals surface area (Å²) in [4.78, 5) is 71.3. The molecule has 0 heterocycles. The standard InChI is InChI=1S/C26H30O13/c1-7-19(27)33-13-25(14-34-20(28)8-2,15-35-21(29)9-3)39-26(16-36-22(30)10-4,17-37-23(31)11-5)18-38-24(32)12-6/h7-12H,1-6,13-18H2. The average molecular weight is 551 g/mol. The predicted octanol–water partition coefficient (Wildman–Crippen LogP) is 0.856. The molecule has 0 saturated heterocycles. The van der Waals surface area contributed by atoms with Gasteiger partial charge in [0.15, 0.2) is 11.2 Å². The van der Waals surface area contributed by atoms with Gasteiger partial charge in [0, 0.05) is 36.5 Å². The molecule has 0 rings (SSSR count). The molecule has 0 radical (unpaired) electrons. The van der Waals surface area contributed by atoms with Gasteiger partial charge in [0.1, 0.15) is 39.6 Å². The minimum absolute atomic E-state index is 0.769. The lowest BCUT2D eigenvalue weighted by molar-refractivity contribution is -0.252. The van der Waals surface area contributed by atoms with E-state index in [0.29, 0.717) is 0 Å². The van der Waals surface area contributed by atoms with Crippen molar-refractivity contribution in [1.29, 1.82) is 0 Å². The Hall–Kier alpha value is -4.78. The third kappa shape index (κ3) is 13.4. The monoisotopic (exact) mass is 550 g/mol. The Kier molecular flexibility index (Phi) is 15.5. The topological polar surface area (TPSA) is 167 Å². The first-order chi connectivity index (χ1) is 18.4. The second-order valence-corrected chi connectivity index (χ2v) is 7.34. The minimum Gasteiger partial charge on any atom is -0.459 e. The van der Waals surface area contributed by atoms with E-state index in [-0.39, 0.29) is 0 Å². The molecule has 0 aromatic heterocycles. The number of ether oxygens (including phenoxy) is 7. The lowest BCUT2D eigenvalue weighted by Gasteiger charge is -2.41.